The summed E-state index contributed by atoms with van der Waals surface area (Å²) in [4.78, 5) is 40.5. The average Bonchev–Trinajstić information content (AvgIpc) is 3.11. The van der Waals surface area contributed by atoms with E-state index in [1.54, 1.807) is 18.4 Å². The number of allylic oxidation sites excluding steroid dienone is 1. The number of hydrogen-bond acceptors (Lipinski definition) is 8. The van der Waals surface area contributed by atoms with Crippen molar-refractivity contribution in [2.45, 2.75) is 58.7 Å². The number of ether oxygens (including phenoxy) is 3. The zero-order valence-corrected chi connectivity index (χ0v) is 22.2. The van der Waals surface area contributed by atoms with Crippen LogP contribution in [-0.4, -0.2) is 66.7 Å². The molecule has 0 spiro atoms. The van der Waals surface area contributed by atoms with Crippen molar-refractivity contribution in [1.82, 2.24) is 4.90 Å². The fraction of sp³-hybridized carbons (Fsp3) is 0.552. The molecule has 0 aromatic rings. The zero-order valence-electron chi connectivity index (χ0n) is 22.2. The number of hydrogen-bond donors (Lipinski definition) is 1. The Bertz CT molecular complexity index is 1120. The number of cyclic esters (lactones) is 1. The van der Waals surface area contributed by atoms with Gasteiger partial charge in [-0.1, -0.05) is 24.6 Å². The summed E-state index contributed by atoms with van der Waals surface area (Å²) in [6.45, 7) is 13.8. The van der Waals surface area contributed by atoms with Crippen LogP contribution in [-0.2, 0) is 28.6 Å². The molecule has 8 nitrogen and oxygen atoms in total. The number of rotatable bonds is 8. The van der Waals surface area contributed by atoms with Gasteiger partial charge in [0.1, 0.15) is 23.8 Å². The van der Waals surface area contributed by atoms with Crippen molar-refractivity contribution in [2.24, 2.45) is 16.7 Å². The molecule has 1 saturated carbocycles. The predicted molar refractivity (Wildman–Crippen MR) is 137 cm³/mol. The van der Waals surface area contributed by atoms with Crippen molar-refractivity contribution in [3.05, 3.63) is 59.6 Å². The lowest BCUT2D eigenvalue weighted by Crippen LogP contribution is -2.55. The summed E-state index contributed by atoms with van der Waals surface area (Å²) in [7, 11) is 1.52. The van der Waals surface area contributed by atoms with Crippen molar-refractivity contribution in [3.8, 4) is 0 Å². The second kappa shape index (κ2) is 9.97. The van der Waals surface area contributed by atoms with Gasteiger partial charge >= 0.3 is 11.9 Å². The van der Waals surface area contributed by atoms with Gasteiger partial charge in [-0.15, -0.1) is 13.2 Å². The van der Waals surface area contributed by atoms with E-state index in [1.165, 1.54) is 14.0 Å². The number of aliphatic hydroxyl groups is 1. The Morgan fingerprint density at radius 2 is 1.92 bits per heavy atom. The highest BCUT2D eigenvalue weighted by Gasteiger charge is 2.62. The summed E-state index contributed by atoms with van der Waals surface area (Å²) in [5.41, 5.74) is 0.689. The number of Topliss-reactive ketones (excluding diaryl/α,β-unsaturated/α-hetero) is 1. The van der Waals surface area contributed by atoms with Gasteiger partial charge in [0.05, 0.1) is 17.6 Å². The van der Waals surface area contributed by atoms with Crippen LogP contribution in [0.3, 0.4) is 0 Å². The highest BCUT2D eigenvalue weighted by Crippen LogP contribution is 2.63. The zero-order chi connectivity index (χ0) is 27.1. The Hall–Kier alpha value is -3.13. The first-order valence-electron chi connectivity index (χ1n) is 12.8. The van der Waals surface area contributed by atoms with Gasteiger partial charge in [-0.2, -0.15) is 0 Å². The minimum absolute atomic E-state index is 0.0626. The van der Waals surface area contributed by atoms with E-state index in [1.807, 2.05) is 18.7 Å². The summed E-state index contributed by atoms with van der Waals surface area (Å²) < 4.78 is 17.3. The van der Waals surface area contributed by atoms with Crippen molar-refractivity contribution in [3.63, 3.8) is 0 Å². The van der Waals surface area contributed by atoms with Gasteiger partial charge in [0.15, 0.2) is 0 Å². The summed E-state index contributed by atoms with van der Waals surface area (Å²) in [5, 5.41) is 11.6. The fourth-order valence-corrected chi connectivity index (χ4v) is 7.01. The number of carbonyl (C=O) groups excluding carboxylic acids is 3. The third-order valence-corrected chi connectivity index (χ3v) is 8.54. The van der Waals surface area contributed by atoms with Gasteiger partial charge in [-0.05, 0) is 24.8 Å². The molecule has 1 heterocycles. The minimum Gasteiger partial charge on any atom is -0.512 e. The van der Waals surface area contributed by atoms with E-state index >= 15 is 0 Å². The largest absolute Gasteiger partial charge is 0.512 e. The van der Waals surface area contributed by atoms with Gasteiger partial charge in [-0.25, -0.2) is 4.79 Å². The van der Waals surface area contributed by atoms with Crippen molar-refractivity contribution < 1.29 is 33.7 Å². The minimum atomic E-state index is -1.03. The van der Waals surface area contributed by atoms with Crippen molar-refractivity contribution in [2.75, 3.05) is 26.8 Å². The topological polar surface area (TPSA) is 102 Å². The summed E-state index contributed by atoms with van der Waals surface area (Å²) in [6.07, 6.45) is 5.29. The molecule has 37 heavy (non-hydrogen) atoms. The summed E-state index contributed by atoms with van der Waals surface area (Å²) >= 11 is 0. The van der Waals surface area contributed by atoms with Crippen LogP contribution in [0.4, 0.5) is 0 Å². The molecule has 0 bridgehead atoms. The summed E-state index contributed by atoms with van der Waals surface area (Å²) in [5.74, 6) is -0.900. The average molecular weight is 512 g/mol. The van der Waals surface area contributed by atoms with Crippen LogP contribution in [0, 0.1) is 16.7 Å². The number of ketones is 1. The van der Waals surface area contributed by atoms with Crippen LogP contribution in [0.2, 0.25) is 0 Å². The number of esters is 2. The molecular weight excluding hydrogens is 474 g/mol. The molecule has 1 saturated heterocycles. The third kappa shape index (κ3) is 4.25. The van der Waals surface area contributed by atoms with Gasteiger partial charge < -0.3 is 24.2 Å². The molecule has 1 aliphatic heterocycles. The molecule has 0 aromatic heterocycles. The maximum absolute atomic E-state index is 13.3. The Morgan fingerprint density at radius 3 is 2.51 bits per heavy atom. The lowest BCUT2D eigenvalue weighted by Gasteiger charge is -2.54. The Labute approximate surface area is 218 Å². The number of nitrogens with zero attached hydrogens (tertiary/aromatic N) is 1. The lowest BCUT2D eigenvalue weighted by molar-refractivity contribution is -0.160. The third-order valence-electron chi connectivity index (χ3n) is 8.54. The first-order valence-corrected chi connectivity index (χ1v) is 12.8. The van der Waals surface area contributed by atoms with E-state index in [2.05, 4.69) is 13.2 Å². The standard InChI is InChI=1S/C29H37NO7/c1-7-11-30(12-8-2)15-19-25-21(32)13-18-20-9-10-23(33)28(20,4)14-22(36-17(3)31)26(18)29(25,5)24(16-35-6)37-27(19)34/h7-8,15,20,22,24,32H,1-2,9-14,16H2,3-6H3/b19-15+/t20-,22+,24+,28-,29-/m0/s1. The maximum Gasteiger partial charge on any atom is 0.340 e. The Morgan fingerprint density at radius 1 is 1.24 bits per heavy atom. The van der Waals surface area contributed by atoms with E-state index in [0.717, 1.165) is 11.1 Å². The number of carbonyl (C=O) groups is 3. The smallest absolute Gasteiger partial charge is 0.340 e. The number of fused-ring (bicyclic) bond motifs is 4. The van der Waals surface area contributed by atoms with Crippen molar-refractivity contribution in [1.29, 1.82) is 0 Å². The maximum atomic E-state index is 13.3. The second-order valence-electron chi connectivity index (χ2n) is 10.8. The van der Waals surface area contributed by atoms with Crippen LogP contribution in [0.5, 0.6) is 0 Å². The predicted octanol–water partition coefficient (Wildman–Crippen LogP) is 3.96. The monoisotopic (exact) mass is 511 g/mol. The van der Waals surface area contributed by atoms with E-state index in [-0.39, 0.29) is 36.1 Å². The molecular formula is C29H37NO7. The molecule has 4 rings (SSSR count). The molecule has 0 radical (unpaired) electrons. The molecule has 200 valence electrons. The quantitative estimate of drug-likeness (QED) is 0.297. The van der Waals surface area contributed by atoms with Gasteiger partial charge in [0.25, 0.3) is 0 Å². The number of aliphatic hydroxyl groups excluding tert-OH is 1. The first kappa shape index (κ1) is 26.9. The Kier molecular flexibility index (Phi) is 7.25. The molecule has 2 fully saturated rings. The molecule has 0 aromatic carbocycles. The molecule has 0 amide bonds. The fourth-order valence-electron chi connectivity index (χ4n) is 7.01. The normalized spacial score (nSPS) is 33.9. The highest BCUT2D eigenvalue weighted by atomic mass is 16.6. The van der Waals surface area contributed by atoms with E-state index in [9.17, 15) is 19.5 Å². The molecule has 3 aliphatic carbocycles. The van der Waals surface area contributed by atoms with E-state index < -0.39 is 35.0 Å². The van der Waals surface area contributed by atoms with Gasteiger partial charge in [-0.3, -0.25) is 9.59 Å². The van der Waals surface area contributed by atoms with Crippen LogP contribution in [0.15, 0.2) is 59.6 Å². The number of methoxy groups -OCH3 is 1. The Balaban J connectivity index is 1.96. The molecule has 5 atom stereocenters. The van der Waals surface area contributed by atoms with Gasteiger partial charge in [0.2, 0.25) is 0 Å². The first-order chi connectivity index (χ1) is 17.5. The lowest BCUT2D eigenvalue weighted by atomic mass is 9.53. The summed E-state index contributed by atoms with van der Waals surface area (Å²) in [6, 6.07) is 0. The van der Waals surface area contributed by atoms with E-state index in [0.29, 0.717) is 37.9 Å². The molecule has 1 N–H and O–H groups in total. The van der Waals surface area contributed by atoms with Crippen LogP contribution < -0.4 is 0 Å². The van der Waals surface area contributed by atoms with Crippen LogP contribution >= 0.6 is 0 Å². The van der Waals surface area contributed by atoms with Crippen molar-refractivity contribution >= 4 is 17.7 Å². The molecule has 4 aliphatic rings. The second-order valence-corrected chi connectivity index (χ2v) is 10.8. The van der Waals surface area contributed by atoms with Crippen LogP contribution in [0.1, 0.15) is 46.5 Å². The molecule has 0 unspecified atom stereocenters. The van der Waals surface area contributed by atoms with Gasteiger partial charge in [0, 0.05) is 63.6 Å². The van der Waals surface area contributed by atoms with E-state index in [4.69, 9.17) is 14.2 Å². The molecule has 8 heteroatoms. The SMILES string of the molecule is C=CCN(/C=C1/C(=O)O[C@H](COC)[C@@]2(C)C1=C(O)CC1=C2[C@H](OC(C)=O)C[C@]2(C)C(=O)CC[C@@H]12)CC=C. The van der Waals surface area contributed by atoms with Crippen LogP contribution in [0.25, 0.3) is 0 Å². The highest BCUT2D eigenvalue weighted by molar-refractivity contribution is 5.96.